The highest BCUT2D eigenvalue weighted by molar-refractivity contribution is 6.29. The van der Waals surface area contributed by atoms with Crippen LogP contribution in [0.5, 0.6) is 0 Å². The second kappa shape index (κ2) is 10.2. The lowest BCUT2D eigenvalue weighted by Gasteiger charge is -2.12. The number of nitrogens with zero attached hydrogens (tertiary/aromatic N) is 3. The summed E-state index contributed by atoms with van der Waals surface area (Å²) in [5.41, 5.74) is 2.00. The quantitative estimate of drug-likeness (QED) is 0.163. The number of hydrogen-bond acceptors (Lipinski definition) is 5. The van der Waals surface area contributed by atoms with Gasteiger partial charge < -0.3 is 16.0 Å². The molecule has 9 heteroatoms. The molecule has 0 radical (unpaired) electrons. The molecule has 138 valence electrons. The summed E-state index contributed by atoms with van der Waals surface area (Å²) in [6.45, 7) is 2.03. The van der Waals surface area contributed by atoms with Gasteiger partial charge in [-0.25, -0.2) is 4.98 Å². The highest BCUT2D eigenvalue weighted by atomic mass is 35.5. The molecule has 0 spiro atoms. The van der Waals surface area contributed by atoms with Crippen LogP contribution in [-0.4, -0.2) is 42.5 Å². The van der Waals surface area contributed by atoms with E-state index in [9.17, 15) is 10.1 Å². The maximum absolute atomic E-state index is 10.6. The molecule has 0 aliphatic carbocycles. The molecular weight excluding hydrogens is 356 g/mol. The monoisotopic (exact) mass is 376 g/mol. The van der Waals surface area contributed by atoms with Crippen LogP contribution >= 0.6 is 11.6 Å². The van der Waals surface area contributed by atoms with E-state index in [0.29, 0.717) is 24.2 Å². The highest BCUT2D eigenvalue weighted by Crippen LogP contribution is 2.14. The van der Waals surface area contributed by atoms with Gasteiger partial charge in [-0.05, 0) is 30.2 Å². The minimum Gasteiger partial charge on any atom is -0.383 e. The summed E-state index contributed by atoms with van der Waals surface area (Å²) in [4.78, 5) is 18.4. The Labute approximate surface area is 156 Å². The third kappa shape index (κ3) is 6.56. The van der Waals surface area contributed by atoms with Crippen LogP contribution in [-0.2, 0) is 6.42 Å². The van der Waals surface area contributed by atoms with Crippen molar-refractivity contribution in [2.24, 2.45) is 4.99 Å². The number of pyridine rings is 1. The van der Waals surface area contributed by atoms with E-state index >= 15 is 0 Å². The van der Waals surface area contributed by atoms with Gasteiger partial charge in [0.25, 0.3) is 5.69 Å². The van der Waals surface area contributed by atoms with Crippen LogP contribution in [0.25, 0.3) is 0 Å². The Kier molecular flexibility index (Phi) is 7.63. The molecule has 1 aromatic carbocycles. The van der Waals surface area contributed by atoms with Crippen molar-refractivity contribution < 1.29 is 4.92 Å². The molecular formula is C17H21ClN6O2. The van der Waals surface area contributed by atoms with Gasteiger partial charge in [0.1, 0.15) is 5.15 Å². The number of halogens is 1. The van der Waals surface area contributed by atoms with Crippen molar-refractivity contribution in [2.45, 2.75) is 6.42 Å². The topological polar surface area (TPSA) is 104 Å². The second-order valence-electron chi connectivity index (χ2n) is 5.40. The summed E-state index contributed by atoms with van der Waals surface area (Å²) in [6.07, 6.45) is 2.57. The molecule has 1 heterocycles. The number of guanidine groups is 1. The van der Waals surface area contributed by atoms with Crippen molar-refractivity contribution in [3.8, 4) is 0 Å². The zero-order chi connectivity index (χ0) is 18.8. The van der Waals surface area contributed by atoms with Gasteiger partial charge in [-0.2, -0.15) is 0 Å². The van der Waals surface area contributed by atoms with Gasteiger partial charge in [-0.3, -0.25) is 15.1 Å². The molecule has 0 amide bonds. The second-order valence-corrected chi connectivity index (χ2v) is 5.78. The molecule has 3 N–H and O–H groups in total. The summed E-state index contributed by atoms with van der Waals surface area (Å²) < 4.78 is 0. The van der Waals surface area contributed by atoms with Crippen molar-refractivity contribution in [2.75, 3.05) is 32.0 Å². The van der Waals surface area contributed by atoms with Crippen molar-refractivity contribution in [1.82, 2.24) is 15.6 Å². The summed E-state index contributed by atoms with van der Waals surface area (Å²) >= 11 is 5.76. The van der Waals surface area contributed by atoms with Gasteiger partial charge >= 0.3 is 0 Å². The molecule has 0 bridgehead atoms. The van der Waals surface area contributed by atoms with E-state index in [-0.39, 0.29) is 5.69 Å². The Morgan fingerprint density at radius 2 is 1.88 bits per heavy atom. The van der Waals surface area contributed by atoms with Crippen molar-refractivity contribution in [3.63, 3.8) is 0 Å². The molecule has 2 rings (SSSR count). The normalized spacial score (nSPS) is 11.1. The lowest BCUT2D eigenvalue weighted by molar-refractivity contribution is -0.384. The third-order valence-corrected chi connectivity index (χ3v) is 3.77. The fraction of sp³-hybridized carbons (Fsp3) is 0.294. The van der Waals surface area contributed by atoms with Gasteiger partial charge in [0.15, 0.2) is 5.96 Å². The van der Waals surface area contributed by atoms with E-state index < -0.39 is 4.92 Å². The van der Waals surface area contributed by atoms with Crippen molar-refractivity contribution in [1.29, 1.82) is 0 Å². The van der Waals surface area contributed by atoms with Crippen LogP contribution in [0.4, 0.5) is 11.4 Å². The largest absolute Gasteiger partial charge is 0.383 e. The molecule has 0 aliphatic heterocycles. The number of aliphatic imine (C=N–C) groups is 1. The first kappa shape index (κ1) is 19.5. The number of nitro groups is 1. The van der Waals surface area contributed by atoms with Gasteiger partial charge in [0.2, 0.25) is 0 Å². The van der Waals surface area contributed by atoms with Gasteiger partial charge in [-0.15, -0.1) is 0 Å². The first-order valence-electron chi connectivity index (χ1n) is 8.12. The first-order valence-corrected chi connectivity index (χ1v) is 8.49. The predicted octanol–water partition coefficient (Wildman–Crippen LogP) is 2.46. The lowest BCUT2D eigenvalue weighted by atomic mass is 10.2. The molecule has 0 atom stereocenters. The standard InChI is InChI=1S/C17H21ClN6O2/c1-19-17(21-9-8-13-2-7-16(18)23-12-13)22-11-10-20-14-3-5-15(6-4-14)24(25)26/h2-7,12,20H,8-11H2,1H3,(H2,19,21,22). The SMILES string of the molecule is CN=C(NCCNc1ccc([N+](=O)[O-])cc1)NCCc1ccc(Cl)nc1. The van der Waals surface area contributed by atoms with E-state index in [0.717, 1.165) is 24.2 Å². The Morgan fingerprint density at radius 3 is 2.50 bits per heavy atom. The van der Waals surface area contributed by atoms with E-state index in [1.807, 2.05) is 6.07 Å². The smallest absolute Gasteiger partial charge is 0.269 e. The Balaban J connectivity index is 1.65. The van der Waals surface area contributed by atoms with Gasteiger partial charge in [-0.1, -0.05) is 17.7 Å². The van der Waals surface area contributed by atoms with Crippen LogP contribution < -0.4 is 16.0 Å². The molecule has 0 saturated heterocycles. The summed E-state index contributed by atoms with van der Waals surface area (Å²) in [5, 5.41) is 20.7. The maximum atomic E-state index is 10.6. The number of hydrogen-bond donors (Lipinski definition) is 3. The average molecular weight is 377 g/mol. The molecule has 1 aromatic heterocycles. The number of aromatic nitrogens is 1. The zero-order valence-electron chi connectivity index (χ0n) is 14.4. The van der Waals surface area contributed by atoms with Crippen LogP contribution in [0.1, 0.15) is 5.56 Å². The molecule has 0 aliphatic rings. The number of rotatable bonds is 8. The van der Waals surface area contributed by atoms with Crippen molar-refractivity contribution >= 4 is 28.9 Å². The number of benzene rings is 1. The fourth-order valence-corrected chi connectivity index (χ4v) is 2.30. The van der Waals surface area contributed by atoms with E-state index in [4.69, 9.17) is 11.6 Å². The minimum absolute atomic E-state index is 0.0779. The lowest BCUT2D eigenvalue weighted by Crippen LogP contribution is -2.40. The third-order valence-electron chi connectivity index (χ3n) is 3.54. The number of non-ortho nitro benzene ring substituents is 1. The Morgan fingerprint density at radius 1 is 1.15 bits per heavy atom. The molecule has 2 aromatic rings. The van der Waals surface area contributed by atoms with E-state index in [1.54, 1.807) is 31.4 Å². The maximum Gasteiger partial charge on any atom is 0.269 e. The fourth-order valence-electron chi connectivity index (χ4n) is 2.19. The number of anilines is 1. The van der Waals surface area contributed by atoms with E-state index in [1.165, 1.54) is 12.1 Å². The number of nitrogens with one attached hydrogen (secondary N) is 3. The predicted molar refractivity (Wildman–Crippen MR) is 104 cm³/mol. The first-order chi connectivity index (χ1) is 12.6. The Hall–Kier alpha value is -2.87. The van der Waals surface area contributed by atoms with Crippen molar-refractivity contribution in [3.05, 3.63) is 63.4 Å². The average Bonchev–Trinajstić information content (AvgIpc) is 2.65. The number of nitro benzene ring substituents is 1. The van der Waals surface area contributed by atoms with Crippen LogP contribution in [0.2, 0.25) is 5.15 Å². The zero-order valence-corrected chi connectivity index (χ0v) is 15.2. The van der Waals surface area contributed by atoms with Crippen LogP contribution in [0.3, 0.4) is 0 Å². The molecule has 0 unspecified atom stereocenters. The molecule has 8 nitrogen and oxygen atoms in total. The highest BCUT2D eigenvalue weighted by Gasteiger charge is 2.03. The Bertz CT molecular complexity index is 734. The van der Waals surface area contributed by atoms with E-state index in [2.05, 4.69) is 25.9 Å². The molecule has 26 heavy (non-hydrogen) atoms. The van der Waals surface area contributed by atoms with Gasteiger partial charge in [0.05, 0.1) is 4.92 Å². The van der Waals surface area contributed by atoms with Gasteiger partial charge in [0, 0.05) is 50.7 Å². The minimum atomic E-state index is -0.416. The summed E-state index contributed by atoms with van der Waals surface area (Å²) in [5.74, 6) is 0.706. The molecule has 0 saturated carbocycles. The summed E-state index contributed by atoms with van der Waals surface area (Å²) in [6, 6.07) is 10.0. The van der Waals surface area contributed by atoms with Crippen LogP contribution in [0.15, 0.2) is 47.6 Å². The van der Waals surface area contributed by atoms with Crippen LogP contribution in [0, 0.1) is 10.1 Å². The summed E-state index contributed by atoms with van der Waals surface area (Å²) in [7, 11) is 1.71. The molecule has 0 fully saturated rings.